The minimum atomic E-state index is -0.306. The van der Waals surface area contributed by atoms with Gasteiger partial charge in [0.2, 0.25) is 0 Å². The Labute approximate surface area is 750 Å². The number of hydrogen-bond donors (Lipinski definition) is 3. The third-order valence-electron chi connectivity index (χ3n) is 20.0. The molecule has 15 rings (SSSR count). The number of hydrogen-bond acceptors (Lipinski definition) is 6. The van der Waals surface area contributed by atoms with Crippen molar-refractivity contribution in [2.24, 2.45) is 32.5 Å². The summed E-state index contributed by atoms with van der Waals surface area (Å²) < 4.78 is 0. The predicted octanol–water partition coefficient (Wildman–Crippen LogP) is 28.8. The van der Waals surface area contributed by atoms with Crippen LogP contribution in [0.15, 0.2) is 327 Å². The van der Waals surface area contributed by atoms with Gasteiger partial charge in [0.1, 0.15) is 17.3 Å². The summed E-state index contributed by atoms with van der Waals surface area (Å²) in [6.45, 7) is 34.2. The van der Waals surface area contributed by atoms with E-state index in [0.717, 1.165) is 49.9 Å². The number of aromatic nitrogens is 3. The zero-order chi connectivity index (χ0) is 84.6. The van der Waals surface area contributed by atoms with Crippen molar-refractivity contribution in [3.8, 4) is 67.2 Å². The van der Waals surface area contributed by atoms with E-state index in [1.54, 1.807) is 0 Å². The van der Waals surface area contributed by atoms with Crippen LogP contribution >= 0.6 is 0 Å². The van der Waals surface area contributed by atoms with Crippen LogP contribution in [0.3, 0.4) is 0 Å². The Kier molecular flexibility index (Phi) is 33.7. The Balaban J connectivity index is 0.000000204. The molecule has 0 aliphatic rings. The van der Waals surface area contributed by atoms with Crippen molar-refractivity contribution in [3.63, 3.8) is 0 Å². The van der Waals surface area contributed by atoms with Gasteiger partial charge in [-0.15, -0.1) is 95.1 Å². The van der Waals surface area contributed by atoms with Crippen molar-refractivity contribution < 1.29 is 90.0 Å². The van der Waals surface area contributed by atoms with Crippen LogP contribution in [0.4, 0.5) is 0 Å². The summed E-state index contributed by atoms with van der Waals surface area (Å²) in [6.07, 6.45) is 10.0. The number of carbonyl (C=O) groups excluding carboxylic acids is 3. The van der Waals surface area contributed by atoms with Crippen LogP contribution in [0.1, 0.15) is 125 Å². The first-order valence-corrected chi connectivity index (χ1v) is 39.8. The van der Waals surface area contributed by atoms with Crippen molar-refractivity contribution in [1.29, 1.82) is 0 Å². The molecule has 6 N–H and O–H groups in total. The summed E-state index contributed by atoms with van der Waals surface area (Å²) in [5, 5.41) is 43.5. The van der Waals surface area contributed by atoms with Crippen molar-refractivity contribution in [3.05, 3.63) is 345 Å². The summed E-state index contributed by atoms with van der Waals surface area (Å²) >= 11 is 0. The number of aliphatic hydroxyl groups excluding tert-OH is 3. The molecule has 0 spiro atoms. The number of pyridine rings is 3. The second-order valence-electron chi connectivity index (χ2n) is 35.4. The fraction of sp³-hybridized carbons (Fsp3) is 0.222. The molecule has 0 saturated carbocycles. The molecule has 0 aliphatic heterocycles. The molecule has 3 aromatic heterocycles. The largest absolute Gasteiger partial charge is 0.511 e. The number of rotatable bonds is 9. The van der Waals surface area contributed by atoms with Gasteiger partial charge in [-0.3, -0.25) is 14.4 Å². The van der Waals surface area contributed by atoms with Crippen molar-refractivity contribution in [2.75, 3.05) is 0 Å². The average Bonchev–Trinajstić information content (AvgIpc) is 0.779. The Morgan fingerprint density at radius 3 is 0.808 bits per heavy atom. The first-order chi connectivity index (χ1) is 55.3. The molecule has 0 unspecified atom stereocenters. The Morgan fingerprint density at radius 1 is 0.258 bits per heavy atom. The first kappa shape index (κ1) is 96.4. The van der Waals surface area contributed by atoms with Gasteiger partial charge in [0.15, 0.2) is 0 Å². The van der Waals surface area contributed by atoms with Crippen molar-refractivity contribution in [1.82, 2.24) is 15.0 Å². The van der Waals surface area contributed by atoms with E-state index in [2.05, 4.69) is 270 Å². The normalized spacial score (nSPS) is 11.9. The molecule has 0 atom stereocenters. The molecule has 621 valence electrons. The van der Waals surface area contributed by atoms with Gasteiger partial charge in [-0.2, -0.15) is 0 Å². The van der Waals surface area contributed by atoms with E-state index >= 15 is 0 Å². The molecule has 12 aromatic carbocycles. The summed E-state index contributed by atoms with van der Waals surface area (Å²) in [5.41, 5.74) is 11.3. The van der Waals surface area contributed by atoms with E-state index in [0.29, 0.717) is 0 Å². The molecule has 0 amide bonds. The summed E-state index contributed by atoms with van der Waals surface area (Å²) in [5.74, 6) is 1.25. The van der Waals surface area contributed by atoms with E-state index in [-0.39, 0.29) is 127 Å². The molecule has 9 nitrogen and oxygen atoms in total. The topological polar surface area (TPSA) is 164 Å². The number of nitrogens with zero attached hydrogens (tertiary/aromatic N) is 3. The minimum Gasteiger partial charge on any atom is -0.511 e. The van der Waals surface area contributed by atoms with E-state index in [9.17, 15) is 29.7 Å². The van der Waals surface area contributed by atoms with Crippen molar-refractivity contribution in [2.45, 2.75) is 125 Å². The maximum absolute atomic E-state index is 9.60. The van der Waals surface area contributed by atoms with Gasteiger partial charge < -0.3 is 30.3 Å². The summed E-state index contributed by atoms with van der Waals surface area (Å²) in [6, 6.07) is 105. The van der Waals surface area contributed by atoms with Gasteiger partial charge in [-0.25, -0.2) is 0 Å². The third kappa shape index (κ3) is 25.6. The van der Waals surface area contributed by atoms with E-state index in [1.807, 2.05) is 180 Å². The molecule has 3 heterocycles. The van der Waals surface area contributed by atoms with Crippen LogP contribution in [0.25, 0.3) is 132 Å². The van der Waals surface area contributed by atoms with E-state index in [4.69, 9.17) is 0 Å². The molecule has 120 heavy (non-hydrogen) atoms. The summed E-state index contributed by atoms with van der Waals surface area (Å²) in [7, 11) is 0. The molecule has 0 aliphatic carbocycles. The average molecular weight is 2120 g/mol. The SMILES string of the molecule is CC(C)(C)C(=[OH+])C=C(O)C(C)(C)C.CC(C)(C)C(=[OH+])C=C(O)C(C)(C)C.CC(C)(C)C(=[OH+])C=C(O)C(C)(C)C.[Ir].[Ir].[Ir].[c-]1cc(-c2ccccc2)ccc1-c1nccc2c1ccc1ccccc12.[c-]1cc(-c2ccccc2)ccc1-c1nccc2c1ccc1ccccc12.[c-]1ccc(-c2ccccc2)cc1-c1nccc2c1ccc1ccccc12. The number of fused-ring (bicyclic) bond motifs is 9. The predicted molar refractivity (Wildman–Crippen MR) is 497 cm³/mol. The van der Waals surface area contributed by atoms with Gasteiger partial charge in [-0.05, 0) is 168 Å². The van der Waals surface area contributed by atoms with Gasteiger partial charge in [0.05, 0.1) is 34.5 Å². The quantitative estimate of drug-likeness (QED) is 0.0428. The number of aliphatic hydroxyl groups is 3. The standard InChI is InChI=1S/3C25H16N.3C11H20O2.3Ir/c1-2-7-18(8-3-1)20-10-6-11-21(17-20)25-24-14-13-19-9-4-5-12-22(19)23(24)15-16-26-25;2*1-2-6-18(7-3-1)19-10-12-21(13-11-19)25-24-15-14-20-8-4-5-9-22(20)23(24)16-17-26-25;3*1-10(2,3)8(12)7-9(13)11(4,5)6;;;/h1-10,12-17H;2*1-12,14-17H;3*7,12H,1-6H3;;;/q3*-1;;;;;;/p+3. The van der Waals surface area contributed by atoms with Gasteiger partial charge >= 0.3 is 17.3 Å². The third-order valence-corrected chi connectivity index (χ3v) is 20.0. The fourth-order valence-electron chi connectivity index (χ4n) is 12.3. The monoisotopic (exact) mass is 2120 g/mol. The molecule has 3 radical (unpaired) electrons. The molecule has 12 heteroatoms. The van der Waals surface area contributed by atoms with Crippen LogP contribution in [-0.4, -0.2) is 62.0 Å². The molecular weight excluding hydrogens is 2010 g/mol. The summed E-state index contributed by atoms with van der Waals surface area (Å²) in [4.78, 5) is 42.8. The second-order valence-corrected chi connectivity index (χ2v) is 35.4. The fourth-order valence-corrected chi connectivity index (χ4v) is 12.3. The van der Waals surface area contributed by atoms with Crippen molar-refractivity contribution >= 4 is 82.0 Å². The zero-order valence-corrected chi connectivity index (χ0v) is 79.2. The zero-order valence-electron chi connectivity index (χ0n) is 72.0. The van der Waals surface area contributed by atoms with Gasteiger partial charge in [-0.1, -0.05) is 285 Å². The minimum absolute atomic E-state index is 0. The van der Waals surface area contributed by atoms with Crippen LogP contribution in [0.2, 0.25) is 0 Å². The van der Waals surface area contributed by atoms with Crippen LogP contribution in [0, 0.1) is 50.7 Å². The number of ketones is 3. The molecular formula is C108H111Ir3N3O6. The maximum Gasteiger partial charge on any atom is 0.325 e. The Morgan fingerprint density at radius 2 is 0.533 bits per heavy atom. The molecule has 15 aromatic rings. The Hall–Kier alpha value is -10.8. The smallest absolute Gasteiger partial charge is 0.325 e. The molecule has 0 fully saturated rings. The van der Waals surface area contributed by atoms with Crippen LogP contribution in [0.5, 0.6) is 0 Å². The van der Waals surface area contributed by atoms with E-state index < -0.39 is 0 Å². The molecule has 0 bridgehead atoms. The Bertz CT molecular complexity index is 5760. The number of allylic oxidation sites excluding steroid dienone is 6. The van der Waals surface area contributed by atoms with Crippen LogP contribution in [-0.2, 0) is 60.3 Å². The van der Waals surface area contributed by atoms with E-state index in [1.165, 1.54) is 100 Å². The van der Waals surface area contributed by atoms with Gasteiger partial charge in [0, 0.05) is 95.2 Å². The maximum atomic E-state index is 9.60. The first-order valence-electron chi connectivity index (χ1n) is 39.8. The molecule has 0 saturated heterocycles. The number of benzene rings is 12. The second kappa shape index (κ2) is 42.0. The van der Waals surface area contributed by atoms with Crippen LogP contribution < -0.4 is 0 Å². The van der Waals surface area contributed by atoms with Gasteiger partial charge in [0.25, 0.3) is 0 Å².